The molecule has 0 saturated heterocycles. The van der Waals surface area contributed by atoms with Crippen molar-refractivity contribution in [3.05, 3.63) is 52.5 Å². The van der Waals surface area contributed by atoms with Crippen molar-refractivity contribution >= 4 is 33.2 Å². The van der Waals surface area contributed by atoms with Crippen molar-refractivity contribution in [1.82, 2.24) is 5.32 Å². The molecule has 0 aliphatic heterocycles. The first kappa shape index (κ1) is 23.8. The Bertz CT molecular complexity index is 1010. The number of nitrogens with zero attached hydrogens (tertiary/aromatic N) is 1. The molecule has 0 aliphatic carbocycles. The molecule has 9 heteroatoms. The third-order valence-electron chi connectivity index (χ3n) is 4.66. The highest BCUT2D eigenvalue weighted by molar-refractivity contribution is 7.92. The number of nitrogens with one attached hydrogen (secondary N) is 1. The van der Waals surface area contributed by atoms with Gasteiger partial charge >= 0.3 is 0 Å². The molecular weight excluding hydrogens is 428 g/mol. The fourth-order valence-corrected chi connectivity index (χ4v) is 4.17. The molecule has 0 radical (unpaired) electrons. The van der Waals surface area contributed by atoms with Gasteiger partial charge in [0.2, 0.25) is 15.9 Å². The van der Waals surface area contributed by atoms with Gasteiger partial charge in [0, 0.05) is 5.02 Å². The standard InChI is InChI=1S/C21H27ClN2O5S/c1-6-17(15-7-9-19(28-3)14(2)11-15)23-21(25)13-24(30(5,26)27)18-12-16(22)8-10-20(18)29-4/h7-12,17H,6,13H2,1-5H3,(H,23,25). The predicted molar refractivity (Wildman–Crippen MR) is 119 cm³/mol. The summed E-state index contributed by atoms with van der Waals surface area (Å²) in [6, 6.07) is 10.0. The summed E-state index contributed by atoms with van der Waals surface area (Å²) in [6.45, 7) is 3.47. The molecule has 0 aliphatic rings. The van der Waals surface area contributed by atoms with Crippen molar-refractivity contribution < 1.29 is 22.7 Å². The Morgan fingerprint density at radius 3 is 2.30 bits per heavy atom. The molecule has 1 atom stereocenters. The van der Waals surface area contributed by atoms with E-state index in [-0.39, 0.29) is 11.7 Å². The molecule has 2 rings (SSSR count). The van der Waals surface area contributed by atoms with Crippen LogP contribution in [0.5, 0.6) is 11.5 Å². The minimum Gasteiger partial charge on any atom is -0.496 e. The number of carbonyl (C=O) groups is 1. The Kier molecular flexibility index (Phi) is 7.97. The van der Waals surface area contributed by atoms with E-state index in [1.54, 1.807) is 19.2 Å². The smallest absolute Gasteiger partial charge is 0.241 e. The van der Waals surface area contributed by atoms with Crippen LogP contribution in [0.3, 0.4) is 0 Å². The van der Waals surface area contributed by atoms with Gasteiger partial charge in [-0.3, -0.25) is 9.10 Å². The molecule has 0 heterocycles. The molecule has 1 amide bonds. The second-order valence-corrected chi connectivity index (χ2v) is 9.19. The van der Waals surface area contributed by atoms with Crippen LogP contribution >= 0.6 is 11.6 Å². The summed E-state index contributed by atoms with van der Waals surface area (Å²) >= 11 is 6.04. The first-order valence-corrected chi connectivity index (χ1v) is 11.6. The van der Waals surface area contributed by atoms with Gasteiger partial charge < -0.3 is 14.8 Å². The summed E-state index contributed by atoms with van der Waals surface area (Å²) in [6.07, 6.45) is 1.67. The van der Waals surface area contributed by atoms with Crippen molar-refractivity contribution in [3.63, 3.8) is 0 Å². The maximum absolute atomic E-state index is 12.8. The van der Waals surface area contributed by atoms with Crippen molar-refractivity contribution in [2.24, 2.45) is 0 Å². The molecule has 0 aromatic heterocycles. The van der Waals surface area contributed by atoms with Crippen LogP contribution in [0.15, 0.2) is 36.4 Å². The van der Waals surface area contributed by atoms with Gasteiger partial charge in [0.15, 0.2) is 0 Å². The topological polar surface area (TPSA) is 84.9 Å². The molecule has 164 valence electrons. The molecule has 0 bridgehead atoms. The Labute approximate surface area is 183 Å². The second kappa shape index (κ2) is 10.0. The highest BCUT2D eigenvalue weighted by Gasteiger charge is 2.25. The number of hydrogen-bond donors (Lipinski definition) is 1. The van der Waals surface area contributed by atoms with Crippen LogP contribution in [-0.2, 0) is 14.8 Å². The van der Waals surface area contributed by atoms with Gasteiger partial charge in [-0.05, 0) is 48.7 Å². The largest absolute Gasteiger partial charge is 0.496 e. The number of halogens is 1. The summed E-state index contributed by atoms with van der Waals surface area (Å²) in [5, 5.41) is 3.25. The van der Waals surface area contributed by atoms with Gasteiger partial charge in [0.05, 0.1) is 32.2 Å². The van der Waals surface area contributed by atoms with Crippen LogP contribution in [0.2, 0.25) is 5.02 Å². The van der Waals surface area contributed by atoms with E-state index in [0.717, 1.165) is 27.4 Å². The molecule has 0 spiro atoms. The molecule has 2 aromatic carbocycles. The number of benzene rings is 2. The first-order valence-electron chi connectivity index (χ1n) is 9.35. The Hall–Kier alpha value is -2.45. The second-order valence-electron chi connectivity index (χ2n) is 6.84. The maximum atomic E-state index is 12.8. The van der Waals surface area contributed by atoms with E-state index in [4.69, 9.17) is 21.1 Å². The molecule has 30 heavy (non-hydrogen) atoms. The van der Waals surface area contributed by atoms with Crippen molar-refractivity contribution in [3.8, 4) is 11.5 Å². The van der Waals surface area contributed by atoms with Gasteiger partial charge in [-0.25, -0.2) is 8.42 Å². The molecule has 0 fully saturated rings. The van der Waals surface area contributed by atoms with Crippen molar-refractivity contribution in [2.75, 3.05) is 31.3 Å². The van der Waals surface area contributed by atoms with E-state index in [1.165, 1.54) is 13.2 Å². The lowest BCUT2D eigenvalue weighted by molar-refractivity contribution is -0.120. The van der Waals surface area contributed by atoms with Crippen LogP contribution in [-0.4, -0.2) is 41.3 Å². The third-order valence-corrected chi connectivity index (χ3v) is 6.02. The Morgan fingerprint density at radius 1 is 1.13 bits per heavy atom. The van der Waals surface area contributed by atoms with Crippen molar-refractivity contribution in [1.29, 1.82) is 0 Å². The Morgan fingerprint density at radius 2 is 1.77 bits per heavy atom. The molecule has 1 N–H and O–H groups in total. The summed E-state index contributed by atoms with van der Waals surface area (Å²) in [4.78, 5) is 12.8. The SMILES string of the molecule is CCC(NC(=O)CN(c1cc(Cl)ccc1OC)S(C)(=O)=O)c1ccc(OC)c(C)c1. The normalized spacial score (nSPS) is 12.2. The molecule has 0 saturated carbocycles. The lowest BCUT2D eigenvalue weighted by Gasteiger charge is -2.25. The van der Waals surface area contributed by atoms with E-state index in [9.17, 15) is 13.2 Å². The number of anilines is 1. The van der Waals surface area contributed by atoms with Gasteiger partial charge in [-0.1, -0.05) is 30.7 Å². The Balaban J connectivity index is 2.28. The predicted octanol–water partition coefficient (Wildman–Crippen LogP) is 3.70. The highest BCUT2D eigenvalue weighted by Crippen LogP contribution is 2.32. The van der Waals surface area contributed by atoms with Gasteiger partial charge in [0.1, 0.15) is 18.0 Å². The van der Waals surface area contributed by atoms with Gasteiger partial charge in [0.25, 0.3) is 0 Å². The zero-order valence-corrected chi connectivity index (χ0v) is 19.3. The van der Waals surface area contributed by atoms with Crippen molar-refractivity contribution in [2.45, 2.75) is 26.3 Å². The van der Waals surface area contributed by atoms with Crippen LogP contribution in [0.4, 0.5) is 5.69 Å². The molecule has 7 nitrogen and oxygen atoms in total. The van der Waals surface area contributed by atoms with E-state index in [0.29, 0.717) is 17.2 Å². The van der Waals surface area contributed by atoms with E-state index >= 15 is 0 Å². The number of amides is 1. The molecular formula is C21H27ClN2O5S. The zero-order valence-electron chi connectivity index (χ0n) is 17.7. The van der Waals surface area contributed by atoms with E-state index in [2.05, 4.69) is 5.32 Å². The minimum absolute atomic E-state index is 0.205. The van der Waals surface area contributed by atoms with Gasteiger partial charge in [-0.2, -0.15) is 0 Å². The van der Waals surface area contributed by atoms with Crippen LogP contribution < -0.4 is 19.1 Å². The lowest BCUT2D eigenvalue weighted by atomic mass is 10.0. The summed E-state index contributed by atoms with van der Waals surface area (Å²) < 4.78 is 36.4. The summed E-state index contributed by atoms with van der Waals surface area (Å²) in [5.41, 5.74) is 2.07. The average molecular weight is 455 g/mol. The van der Waals surface area contributed by atoms with E-state index < -0.39 is 22.5 Å². The van der Waals surface area contributed by atoms with Crippen LogP contribution in [0, 0.1) is 6.92 Å². The number of ether oxygens (including phenoxy) is 2. The fourth-order valence-electron chi connectivity index (χ4n) is 3.15. The molecule has 2 aromatic rings. The highest BCUT2D eigenvalue weighted by atomic mass is 35.5. The van der Waals surface area contributed by atoms with Crippen LogP contribution in [0.1, 0.15) is 30.5 Å². The number of aryl methyl sites for hydroxylation is 1. The van der Waals surface area contributed by atoms with Gasteiger partial charge in [-0.15, -0.1) is 0 Å². The monoisotopic (exact) mass is 454 g/mol. The maximum Gasteiger partial charge on any atom is 0.241 e. The summed E-state index contributed by atoms with van der Waals surface area (Å²) in [7, 11) is -0.743. The number of methoxy groups -OCH3 is 2. The number of rotatable bonds is 9. The zero-order chi connectivity index (χ0) is 22.5. The van der Waals surface area contributed by atoms with Crippen LogP contribution in [0.25, 0.3) is 0 Å². The third kappa shape index (κ3) is 5.79. The number of hydrogen-bond acceptors (Lipinski definition) is 5. The first-order chi connectivity index (χ1) is 14.1. The number of carbonyl (C=O) groups excluding carboxylic acids is 1. The quantitative estimate of drug-likeness (QED) is 0.624. The lowest BCUT2D eigenvalue weighted by Crippen LogP contribution is -2.41. The van der Waals surface area contributed by atoms with E-state index in [1.807, 2.05) is 32.0 Å². The summed E-state index contributed by atoms with van der Waals surface area (Å²) in [5.74, 6) is 0.620. The minimum atomic E-state index is -3.77. The fraction of sp³-hybridized carbons (Fsp3) is 0.381. The average Bonchev–Trinajstić information content (AvgIpc) is 2.69. The number of sulfonamides is 1. The molecule has 1 unspecified atom stereocenters.